The standard InChI is InChI=1S/C16H20N2O3.ClH/c1-21-16(20)14-7-4-8-18(14)15(19)13-9-11-5-2-3-6-12(11)10-17-13;/h2-3,5-6,13-14,17H,4,7-10H2,1H3;1H/t13-,14+;/m1./s1. The van der Waals surface area contributed by atoms with Gasteiger partial charge in [0.05, 0.1) is 13.2 Å². The predicted octanol–water partition coefficient (Wildman–Crippen LogP) is 1.29. The summed E-state index contributed by atoms with van der Waals surface area (Å²) < 4.78 is 4.80. The summed E-state index contributed by atoms with van der Waals surface area (Å²) in [6.07, 6.45) is 2.23. The number of halogens is 1. The van der Waals surface area contributed by atoms with Gasteiger partial charge in [-0.2, -0.15) is 0 Å². The Hall–Kier alpha value is -1.59. The first kappa shape index (κ1) is 16.8. The van der Waals surface area contributed by atoms with Gasteiger partial charge in [0.15, 0.2) is 0 Å². The van der Waals surface area contributed by atoms with Gasteiger partial charge in [0.2, 0.25) is 5.91 Å². The molecule has 0 spiro atoms. The molecule has 0 saturated carbocycles. The topological polar surface area (TPSA) is 58.6 Å². The zero-order valence-corrected chi connectivity index (χ0v) is 13.4. The first-order valence-corrected chi connectivity index (χ1v) is 7.39. The SMILES string of the molecule is COC(=O)[C@@H]1CCCN1C(=O)[C@H]1Cc2ccccc2CN1.Cl. The number of amides is 1. The van der Waals surface area contributed by atoms with Crippen molar-refractivity contribution >= 4 is 24.3 Å². The maximum Gasteiger partial charge on any atom is 0.328 e. The van der Waals surface area contributed by atoms with E-state index in [2.05, 4.69) is 17.4 Å². The highest BCUT2D eigenvalue weighted by molar-refractivity contribution is 5.88. The van der Waals surface area contributed by atoms with Gasteiger partial charge in [-0.25, -0.2) is 4.79 Å². The molecule has 1 aromatic carbocycles. The van der Waals surface area contributed by atoms with Crippen LogP contribution >= 0.6 is 12.4 Å². The second-order valence-electron chi connectivity index (χ2n) is 5.62. The molecular weight excluding hydrogens is 304 g/mol. The molecule has 5 nitrogen and oxygen atoms in total. The number of hydrogen-bond donors (Lipinski definition) is 1. The predicted molar refractivity (Wildman–Crippen MR) is 84.8 cm³/mol. The van der Waals surface area contributed by atoms with Crippen molar-refractivity contribution in [2.24, 2.45) is 0 Å². The van der Waals surface area contributed by atoms with Crippen LogP contribution in [0.5, 0.6) is 0 Å². The summed E-state index contributed by atoms with van der Waals surface area (Å²) in [5.74, 6) is -0.297. The Balaban J connectivity index is 0.00000176. The number of rotatable bonds is 2. The molecule has 1 saturated heterocycles. The van der Waals surface area contributed by atoms with Gasteiger partial charge in [0.1, 0.15) is 6.04 Å². The highest BCUT2D eigenvalue weighted by Gasteiger charge is 2.38. The number of esters is 1. The minimum absolute atomic E-state index is 0. The van der Waals surface area contributed by atoms with Gasteiger partial charge < -0.3 is 15.0 Å². The maximum atomic E-state index is 12.7. The molecule has 2 aliphatic rings. The average molecular weight is 325 g/mol. The van der Waals surface area contributed by atoms with Crippen molar-refractivity contribution in [3.8, 4) is 0 Å². The van der Waals surface area contributed by atoms with E-state index in [9.17, 15) is 9.59 Å². The van der Waals surface area contributed by atoms with Gasteiger partial charge in [-0.1, -0.05) is 24.3 Å². The lowest BCUT2D eigenvalue weighted by Crippen LogP contribution is -2.52. The molecule has 3 rings (SSSR count). The molecular formula is C16H21ClN2O3. The van der Waals surface area contributed by atoms with Crippen molar-refractivity contribution in [3.63, 3.8) is 0 Å². The van der Waals surface area contributed by atoms with Crippen LogP contribution in [-0.2, 0) is 27.3 Å². The summed E-state index contributed by atoms with van der Waals surface area (Å²) in [6, 6.07) is 7.50. The molecule has 1 fully saturated rings. The van der Waals surface area contributed by atoms with Gasteiger partial charge in [0, 0.05) is 13.1 Å². The third-order valence-electron chi connectivity index (χ3n) is 4.39. The summed E-state index contributed by atoms with van der Waals surface area (Å²) >= 11 is 0. The lowest BCUT2D eigenvalue weighted by atomic mass is 9.95. The second kappa shape index (κ2) is 7.11. The largest absolute Gasteiger partial charge is 0.467 e. The normalized spacial score (nSPS) is 23.4. The van der Waals surface area contributed by atoms with E-state index in [-0.39, 0.29) is 30.3 Å². The van der Waals surface area contributed by atoms with E-state index in [4.69, 9.17) is 4.74 Å². The van der Waals surface area contributed by atoms with Crippen LogP contribution in [0.1, 0.15) is 24.0 Å². The molecule has 22 heavy (non-hydrogen) atoms. The van der Waals surface area contributed by atoms with E-state index in [1.165, 1.54) is 18.2 Å². The second-order valence-corrected chi connectivity index (χ2v) is 5.62. The van der Waals surface area contributed by atoms with Gasteiger partial charge in [-0.3, -0.25) is 4.79 Å². The number of nitrogens with one attached hydrogen (secondary N) is 1. The Morgan fingerprint density at radius 1 is 1.27 bits per heavy atom. The Labute approximate surface area is 136 Å². The molecule has 0 unspecified atom stereocenters. The number of carbonyl (C=O) groups is 2. The number of nitrogens with zero attached hydrogens (tertiary/aromatic N) is 1. The number of ether oxygens (including phenoxy) is 1. The highest BCUT2D eigenvalue weighted by Crippen LogP contribution is 2.23. The van der Waals surface area contributed by atoms with E-state index in [1.54, 1.807) is 4.90 Å². The molecule has 2 atom stereocenters. The summed E-state index contributed by atoms with van der Waals surface area (Å²) in [6.45, 7) is 1.34. The molecule has 1 amide bonds. The summed E-state index contributed by atoms with van der Waals surface area (Å²) in [7, 11) is 1.37. The number of benzene rings is 1. The van der Waals surface area contributed by atoms with Crippen molar-refractivity contribution in [3.05, 3.63) is 35.4 Å². The van der Waals surface area contributed by atoms with E-state index in [0.717, 1.165) is 6.42 Å². The first-order valence-electron chi connectivity index (χ1n) is 7.39. The number of carbonyl (C=O) groups excluding carboxylic acids is 2. The van der Waals surface area contributed by atoms with Crippen LogP contribution in [0.2, 0.25) is 0 Å². The monoisotopic (exact) mass is 324 g/mol. The first-order chi connectivity index (χ1) is 10.2. The fourth-order valence-electron chi connectivity index (χ4n) is 3.24. The molecule has 120 valence electrons. The average Bonchev–Trinajstić information content (AvgIpc) is 3.02. The quantitative estimate of drug-likeness (QED) is 0.833. The summed E-state index contributed by atoms with van der Waals surface area (Å²) in [4.78, 5) is 26.1. The van der Waals surface area contributed by atoms with Crippen molar-refractivity contribution in [1.29, 1.82) is 0 Å². The third-order valence-corrected chi connectivity index (χ3v) is 4.39. The minimum atomic E-state index is -0.415. The molecule has 1 aromatic rings. The lowest BCUT2D eigenvalue weighted by molar-refractivity contribution is -0.151. The molecule has 0 aliphatic carbocycles. The summed E-state index contributed by atoms with van der Waals surface area (Å²) in [5, 5.41) is 3.29. The van der Waals surface area contributed by atoms with Crippen LogP contribution in [0.4, 0.5) is 0 Å². The Bertz CT molecular complexity index is 564. The molecule has 0 aromatic heterocycles. The Morgan fingerprint density at radius 2 is 2.00 bits per heavy atom. The highest BCUT2D eigenvalue weighted by atomic mass is 35.5. The van der Waals surface area contributed by atoms with Crippen LogP contribution < -0.4 is 5.32 Å². The van der Waals surface area contributed by atoms with Crippen molar-refractivity contribution in [1.82, 2.24) is 10.2 Å². The van der Waals surface area contributed by atoms with Crippen LogP contribution in [0.3, 0.4) is 0 Å². The van der Waals surface area contributed by atoms with E-state index in [1.807, 2.05) is 12.1 Å². The van der Waals surface area contributed by atoms with Gasteiger partial charge in [-0.15, -0.1) is 12.4 Å². The molecule has 1 N–H and O–H groups in total. The van der Waals surface area contributed by atoms with Crippen molar-refractivity contribution in [2.75, 3.05) is 13.7 Å². The van der Waals surface area contributed by atoms with Crippen LogP contribution in [-0.4, -0.2) is 42.5 Å². The van der Waals surface area contributed by atoms with Crippen LogP contribution in [0, 0.1) is 0 Å². The van der Waals surface area contributed by atoms with Crippen LogP contribution in [0.15, 0.2) is 24.3 Å². The molecule has 0 bridgehead atoms. The Kier molecular flexibility index (Phi) is 5.42. The van der Waals surface area contributed by atoms with Gasteiger partial charge >= 0.3 is 5.97 Å². The zero-order valence-electron chi connectivity index (χ0n) is 12.6. The van der Waals surface area contributed by atoms with Gasteiger partial charge in [-0.05, 0) is 30.4 Å². The minimum Gasteiger partial charge on any atom is -0.467 e. The molecule has 6 heteroatoms. The Morgan fingerprint density at radius 3 is 2.73 bits per heavy atom. The number of methoxy groups -OCH3 is 1. The fraction of sp³-hybridized carbons (Fsp3) is 0.500. The van der Waals surface area contributed by atoms with Gasteiger partial charge in [0.25, 0.3) is 0 Å². The van der Waals surface area contributed by atoms with Crippen molar-refractivity contribution in [2.45, 2.75) is 37.9 Å². The van der Waals surface area contributed by atoms with E-state index >= 15 is 0 Å². The zero-order chi connectivity index (χ0) is 14.8. The smallest absolute Gasteiger partial charge is 0.328 e. The molecule has 0 radical (unpaired) electrons. The molecule has 2 heterocycles. The van der Waals surface area contributed by atoms with Crippen LogP contribution in [0.25, 0.3) is 0 Å². The third kappa shape index (κ3) is 3.10. The summed E-state index contributed by atoms with van der Waals surface area (Å²) in [5.41, 5.74) is 2.45. The fourth-order valence-corrected chi connectivity index (χ4v) is 3.24. The molecule has 2 aliphatic heterocycles. The maximum absolute atomic E-state index is 12.7. The van der Waals surface area contributed by atoms with Crippen molar-refractivity contribution < 1.29 is 14.3 Å². The lowest BCUT2D eigenvalue weighted by Gasteiger charge is -2.31. The van der Waals surface area contributed by atoms with E-state index < -0.39 is 6.04 Å². The number of fused-ring (bicyclic) bond motifs is 1. The number of likely N-dealkylation sites (tertiary alicyclic amines) is 1. The van der Waals surface area contributed by atoms with E-state index in [0.29, 0.717) is 25.9 Å². The number of hydrogen-bond acceptors (Lipinski definition) is 4.